The molecule has 0 radical (unpaired) electrons. The van der Waals surface area contributed by atoms with Gasteiger partial charge in [0.1, 0.15) is 11.3 Å². The molecule has 0 spiro atoms. The Morgan fingerprint density at radius 3 is 1.43 bits per heavy atom. The molecule has 2 aliphatic heterocycles. The first-order valence-electron chi connectivity index (χ1n) is 17.4. The second-order valence-electron chi connectivity index (χ2n) is 15.1. The molecule has 3 heterocycles. The zero-order valence-electron chi connectivity index (χ0n) is 31.2. The lowest BCUT2D eigenvalue weighted by Crippen LogP contribution is -2.48. The summed E-state index contributed by atoms with van der Waals surface area (Å²) in [5, 5.41) is 13.0. The molecular weight excluding hydrogens is 613 g/mol. The zero-order chi connectivity index (χ0) is 34.3. The molecule has 262 valence electrons. The molecule has 0 saturated carbocycles. The van der Waals surface area contributed by atoms with Crippen LogP contribution < -0.4 is 16.0 Å². The molecule has 0 aromatic carbocycles. The van der Waals surface area contributed by atoms with Crippen molar-refractivity contribution in [3.8, 4) is 0 Å². The van der Waals surface area contributed by atoms with Crippen molar-refractivity contribution in [1.29, 1.82) is 0 Å². The Bertz CT molecular complexity index is 1120. The second-order valence-corrected chi connectivity index (χ2v) is 17.2. The van der Waals surface area contributed by atoms with Crippen LogP contribution in [0.1, 0.15) is 121 Å². The summed E-state index contributed by atoms with van der Waals surface area (Å²) in [7, 11) is 4.32. The number of hydrogen-bond donors (Lipinski definition) is 3. The molecule has 46 heavy (non-hydrogen) atoms. The van der Waals surface area contributed by atoms with Crippen LogP contribution in [0.2, 0.25) is 0 Å². The van der Waals surface area contributed by atoms with Gasteiger partial charge in [-0.15, -0.1) is 23.5 Å². The summed E-state index contributed by atoms with van der Waals surface area (Å²) in [5.74, 6) is 3.79. The third kappa shape index (κ3) is 10.2. The van der Waals surface area contributed by atoms with Crippen LogP contribution in [0, 0.1) is 0 Å². The van der Waals surface area contributed by atoms with Crippen molar-refractivity contribution >= 4 is 51.5 Å². The highest BCUT2D eigenvalue weighted by Crippen LogP contribution is 2.38. The molecule has 1 aromatic rings. The Morgan fingerprint density at radius 1 is 0.630 bits per heavy atom. The van der Waals surface area contributed by atoms with Crippen molar-refractivity contribution in [3.05, 3.63) is 0 Å². The maximum Gasteiger partial charge on any atom is 0.229 e. The lowest BCUT2D eigenvalue weighted by atomic mass is 10.0. The van der Waals surface area contributed by atoms with Gasteiger partial charge in [0.2, 0.25) is 17.8 Å². The predicted molar refractivity (Wildman–Crippen MR) is 204 cm³/mol. The molecule has 1 aromatic heterocycles. The molecule has 3 rings (SSSR count). The van der Waals surface area contributed by atoms with E-state index >= 15 is 0 Å². The van der Waals surface area contributed by atoms with Crippen LogP contribution in [0.25, 0.3) is 0 Å². The normalized spacial score (nSPS) is 21.5. The average Bonchev–Trinajstić information content (AvgIpc) is 3.21. The summed E-state index contributed by atoms with van der Waals surface area (Å²) in [6.07, 6.45) is 8.08. The van der Waals surface area contributed by atoms with Crippen LogP contribution in [-0.4, -0.2) is 101 Å². The van der Waals surface area contributed by atoms with E-state index in [9.17, 15) is 0 Å². The van der Waals surface area contributed by atoms with Crippen molar-refractivity contribution in [2.24, 2.45) is 9.98 Å². The molecule has 10 nitrogen and oxygen atoms in total. The quantitative estimate of drug-likeness (QED) is 0.141. The highest BCUT2D eigenvalue weighted by Gasteiger charge is 2.45. The van der Waals surface area contributed by atoms with Crippen LogP contribution in [-0.2, 0) is 0 Å². The van der Waals surface area contributed by atoms with Crippen molar-refractivity contribution in [1.82, 2.24) is 24.8 Å². The number of thioether (sulfide) groups is 2. The number of hydrogen-bond acceptors (Lipinski definition) is 12. The Labute approximate surface area is 289 Å². The summed E-state index contributed by atoms with van der Waals surface area (Å²) in [6, 6.07) is 0.402. The molecule has 0 saturated heterocycles. The monoisotopic (exact) mass is 676 g/mol. The van der Waals surface area contributed by atoms with Gasteiger partial charge in [-0.25, -0.2) is 0 Å². The van der Waals surface area contributed by atoms with Crippen molar-refractivity contribution in [3.63, 3.8) is 0 Å². The summed E-state index contributed by atoms with van der Waals surface area (Å²) in [6.45, 7) is 25.3. The summed E-state index contributed by atoms with van der Waals surface area (Å²) in [5.41, 5.74) is -0.457. The molecule has 0 bridgehead atoms. The van der Waals surface area contributed by atoms with Crippen LogP contribution in [0.3, 0.4) is 0 Å². The van der Waals surface area contributed by atoms with E-state index in [4.69, 9.17) is 24.9 Å². The van der Waals surface area contributed by atoms with Gasteiger partial charge >= 0.3 is 0 Å². The molecule has 0 amide bonds. The first-order chi connectivity index (χ1) is 21.4. The van der Waals surface area contributed by atoms with Gasteiger partial charge in [-0.1, -0.05) is 32.6 Å². The molecular formula is C34H64N10S2. The Balaban J connectivity index is 1.59. The maximum atomic E-state index is 5.02. The predicted octanol–water partition coefficient (Wildman–Crippen LogP) is 7.82. The van der Waals surface area contributed by atoms with Gasteiger partial charge in [-0.05, 0) is 103 Å². The standard InChI is InChI=1S/C34H64N10S2/c1-14-15-16-17-18-21-35-28-38-29(36-24(2)19-22-45-26-31(4,5)43(12)33(8,9)41-26)40-30(39-28)37-25(3)20-23-46-27-32(6,7)44(13)34(10,11)42-27/h24-25H,14-23H2,1-13H3,(H3,35,36,37,38,39,40). The van der Waals surface area contributed by atoms with E-state index in [2.05, 4.69) is 116 Å². The van der Waals surface area contributed by atoms with Crippen LogP contribution in [0.15, 0.2) is 9.98 Å². The number of unbranched alkanes of at least 4 members (excludes halogenated alkanes) is 4. The van der Waals surface area contributed by atoms with E-state index in [1.54, 1.807) is 0 Å². The molecule has 0 aliphatic carbocycles. The number of nitrogens with zero attached hydrogens (tertiary/aromatic N) is 7. The molecule has 2 aliphatic rings. The summed E-state index contributed by atoms with van der Waals surface area (Å²) < 4.78 is 0. The Kier molecular flexibility index (Phi) is 13.7. The summed E-state index contributed by atoms with van der Waals surface area (Å²) >= 11 is 3.73. The smallest absolute Gasteiger partial charge is 0.229 e. The van der Waals surface area contributed by atoms with E-state index in [0.717, 1.165) is 37.3 Å². The molecule has 2 atom stereocenters. The van der Waals surface area contributed by atoms with Crippen LogP contribution >= 0.6 is 23.5 Å². The summed E-state index contributed by atoms with van der Waals surface area (Å²) in [4.78, 5) is 29.1. The van der Waals surface area contributed by atoms with Gasteiger partial charge in [0.05, 0.1) is 21.2 Å². The van der Waals surface area contributed by atoms with Gasteiger partial charge in [-0.3, -0.25) is 19.8 Å². The highest BCUT2D eigenvalue weighted by molar-refractivity contribution is 8.14. The van der Waals surface area contributed by atoms with E-state index in [1.807, 2.05) is 23.5 Å². The fraction of sp³-hybridized carbons (Fsp3) is 0.853. The lowest BCUT2D eigenvalue weighted by molar-refractivity contribution is 0.121. The lowest BCUT2D eigenvalue weighted by Gasteiger charge is -2.36. The number of anilines is 3. The number of aliphatic imine (C=N–C) groups is 2. The van der Waals surface area contributed by atoms with Gasteiger partial charge in [-0.2, -0.15) is 15.0 Å². The first kappa shape index (κ1) is 38.8. The van der Waals surface area contributed by atoms with Gasteiger partial charge < -0.3 is 16.0 Å². The second kappa shape index (κ2) is 16.2. The van der Waals surface area contributed by atoms with E-state index in [1.165, 1.54) is 35.8 Å². The van der Waals surface area contributed by atoms with Crippen LogP contribution in [0.5, 0.6) is 0 Å². The van der Waals surface area contributed by atoms with Gasteiger partial charge in [0.15, 0.2) is 0 Å². The highest BCUT2D eigenvalue weighted by atomic mass is 32.2. The minimum absolute atomic E-state index is 0.0559. The van der Waals surface area contributed by atoms with Crippen molar-refractivity contribution in [2.75, 3.05) is 48.1 Å². The van der Waals surface area contributed by atoms with Gasteiger partial charge in [0.25, 0.3) is 0 Å². The largest absolute Gasteiger partial charge is 0.354 e. The molecule has 3 N–H and O–H groups in total. The molecule has 0 fully saturated rings. The Morgan fingerprint density at radius 2 is 1.04 bits per heavy atom. The minimum Gasteiger partial charge on any atom is -0.354 e. The molecule has 2 unspecified atom stereocenters. The zero-order valence-corrected chi connectivity index (χ0v) is 32.8. The number of aromatic nitrogens is 3. The first-order valence-corrected chi connectivity index (χ1v) is 19.3. The minimum atomic E-state index is -0.173. The van der Waals surface area contributed by atoms with Gasteiger partial charge in [0, 0.05) is 30.1 Å². The van der Waals surface area contributed by atoms with E-state index < -0.39 is 0 Å². The fourth-order valence-electron chi connectivity index (χ4n) is 5.76. The fourth-order valence-corrected chi connectivity index (χ4v) is 8.64. The third-order valence-corrected chi connectivity index (χ3v) is 12.3. The van der Waals surface area contributed by atoms with Crippen molar-refractivity contribution in [2.45, 2.75) is 156 Å². The number of nitrogens with one attached hydrogen (secondary N) is 3. The van der Waals surface area contributed by atoms with E-state index in [0.29, 0.717) is 17.8 Å². The Hall–Kier alpha value is -1.63. The topological polar surface area (TPSA) is 106 Å². The number of rotatable bonds is 17. The van der Waals surface area contributed by atoms with Crippen molar-refractivity contribution < 1.29 is 0 Å². The van der Waals surface area contributed by atoms with Crippen LogP contribution in [0.4, 0.5) is 17.8 Å². The van der Waals surface area contributed by atoms with E-state index in [-0.39, 0.29) is 34.5 Å². The molecule has 12 heteroatoms. The average molecular weight is 677 g/mol. The maximum absolute atomic E-state index is 5.02. The third-order valence-electron chi connectivity index (χ3n) is 9.64. The SMILES string of the molecule is CCCCCCCNc1nc(NC(C)CCSC2=NC(C)(C)N(C)C2(C)C)nc(NC(C)CCSC2=NC(C)(C)N(C)C2(C)C)n1.